The number of fused-ring (bicyclic) bond motifs is 4. The first-order valence-corrected chi connectivity index (χ1v) is 12.8. The fourth-order valence-electron chi connectivity index (χ4n) is 5.75. The molecule has 0 radical (unpaired) electrons. The van der Waals surface area contributed by atoms with Gasteiger partial charge in [0.2, 0.25) is 10.0 Å². The lowest BCUT2D eigenvalue weighted by Gasteiger charge is -2.49. The van der Waals surface area contributed by atoms with Gasteiger partial charge in [-0.25, -0.2) is 8.42 Å². The Kier molecular flexibility index (Phi) is 5.52. The van der Waals surface area contributed by atoms with E-state index < -0.39 is 16.1 Å². The van der Waals surface area contributed by atoms with Crippen LogP contribution in [-0.4, -0.2) is 67.7 Å². The van der Waals surface area contributed by atoms with Crippen molar-refractivity contribution in [2.45, 2.75) is 29.2 Å². The average molecular weight is 470 g/mol. The predicted octanol–water partition coefficient (Wildman–Crippen LogP) is 2.89. The van der Waals surface area contributed by atoms with Crippen molar-refractivity contribution in [3.8, 4) is 5.75 Å². The van der Waals surface area contributed by atoms with Crippen molar-refractivity contribution in [3.63, 3.8) is 0 Å². The largest absolute Gasteiger partial charge is 0.497 e. The van der Waals surface area contributed by atoms with Crippen LogP contribution >= 0.6 is 0 Å². The molecule has 8 heteroatoms. The van der Waals surface area contributed by atoms with E-state index in [0.717, 1.165) is 48.3 Å². The standard InChI is InChI=1S/C25H31N3O4S/c1-26-13-11-25(12-14-26)17-28(33(30,31)19-7-5-4-6-8-19)22(16-29)24-23(25)20-10-9-18(32-3)15-21(20)27(24)2/h4-10,15,22,29H,11-14,16-17H2,1-3H3/t22-/m1/s1. The third-order valence-electron chi connectivity index (χ3n) is 7.57. The van der Waals surface area contributed by atoms with Crippen LogP contribution in [0.2, 0.25) is 0 Å². The van der Waals surface area contributed by atoms with Crippen LogP contribution in [0.25, 0.3) is 10.9 Å². The van der Waals surface area contributed by atoms with Crippen molar-refractivity contribution in [2.24, 2.45) is 7.05 Å². The Bertz CT molecular complexity index is 1280. The van der Waals surface area contributed by atoms with Gasteiger partial charge >= 0.3 is 0 Å². The number of nitrogens with zero attached hydrogens (tertiary/aromatic N) is 3. The van der Waals surface area contributed by atoms with E-state index in [1.807, 2.05) is 25.2 Å². The highest BCUT2D eigenvalue weighted by Crippen LogP contribution is 2.51. The van der Waals surface area contributed by atoms with Crippen molar-refractivity contribution in [1.82, 2.24) is 13.8 Å². The number of sulfonamides is 1. The molecule has 0 aliphatic carbocycles. The lowest BCUT2D eigenvalue weighted by Crippen LogP contribution is -2.55. The molecule has 3 aromatic rings. The quantitative estimate of drug-likeness (QED) is 0.636. The summed E-state index contributed by atoms with van der Waals surface area (Å²) in [5.74, 6) is 0.757. The van der Waals surface area contributed by atoms with Gasteiger partial charge in [-0.15, -0.1) is 0 Å². The van der Waals surface area contributed by atoms with E-state index in [4.69, 9.17) is 4.74 Å². The second-order valence-corrected chi connectivity index (χ2v) is 11.2. The highest BCUT2D eigenvalue weighted by atomic mass is 32.2. The Labute approximate surface area is 195 Å². The monoisotopic (exact) mass is 469 g/mol. The lowest BCUT2D eigenvalue weighted by atomic mass is 9.69. The summed E-state index contributed by atoms with van der Waals surface area (Å²) in [4.78, 5) is 2.56. The molecule has 2 aliphatic rings. The molecule has 176 valence electrons. The van der Waals surface area contributed by atoms with E-state index in [-0.39, 0.29) is 16.9 Å². The molecule has 1 spiro atoms. The smallest absolute Gasteiger partial charge is 0.243 e. The van der Waals surface area contributed by atoms with Gasteiger partial charge in [-0.2, -0.15) is 4.31 Å². The minimum atomic E-state index is -3.80. The average Bonchev–Trinajstić information content (AvgIpc) is 3.14. The molecule has 5 rings (SSSR count). The van der Waals surface area contributed by atoms with Crippen molar-refractivity contribution in [2.75, 3.05) is 40.4 Å². The van der Waals surface area contributed by atoms with Crippen molar-refractivity contribution >= 4 is 20.9 Å². The minimum absolute atomic E-state index is 0.260. The number of methoxy groups -OCH3 is 1. The van der Waals surface area contributed by atoms with E-state index in [1.54, 1.807) is 35.7 Å². The Morgan fingerprint density at radius 2 is 1.79 bits per heavy atom. The van der Waals surface area contributed by atoms with Crippen LogP contribution in [0, 0.1) is 0 Å². The SMILES string of the molecule is COc1ccc2c3c(n(C)c2c1)[C@@H](CO)N(S(=O)(=O)c1ccccc1)CC31CCN(C)CC1. The number of ether oxygens (including phenoxy) is 1. The van der Waals surface area contributed by atoms with Crippen LogP contribution in [0.15, 0.2) is 53.4 Å². The summed E-state index contributed by atoms with van der Waals surface area (Å²) >= 11 is 0. The number of rotatable bonds is 4. The first kappa shape index (κ1) is 22.4. The van der Waals surface area contributed by atoms with Crippen LogP contribution in [-0.2, 0) is 22.5 Å². The molecule has 0 unspecified atom stereocenters. The highest BCUT2D eigenvalue weighted by molar-refractivity contribution is 7.89. The molecule has 1 N–H and O–H groups in total. The number of aromatic nitrogens is 1. The Morgan fingerprint density at radius 1 is 1.09 bits per heavy atom. The zero-order valence-corrected chi connectivity index (χ0v) is 20.2. The molecule has 2 aliphatic heterocycles. The molecule has 1 aromatic heterocycles. The van der Waals surface area contributed by atoms with Gasteiger partial charge in [0.15, 0.2) is 0 Å². The van der Waals surface area contributed by atoms with Gasteiger partial charge in [0, 0.05) is 36.2 Å². The number of aliphatic hydroxyl groups excluding tert-OH is 1. The fourth-order valence-corrected chi connectivity index (χ4v) is 7.44. The molecule has 1 fully saturated rings. The van der Waals surface area contributed by atoms with Crippen LogP contribution in [0.5, 0.6) is 5.75 Å². The van der Waals surface area contributed by atoms with Crippen LogP contribution in [0.3, 0.4) is 0 Å². The summed E-state index contributed by atoms with van der Waals surface area (Å²) in [5, 5.41) is 11.7. The first-order valence-electron chi connectivity index (χ1n) is 11.4. The number of aryl methyl sites for hydroxylation is 1. The van der Waals surface area contributed by atoms with Gasteiger partial charge in [0.1, 0.15) is 5.75 Å². The van der Waals surface area contributed by atoms with Crippen LogP contribution in [0.1, 0.15) is 30.1 Å². The molecular formula is C25H31N3O4S. The van der Waals surface area contributed by atoms with E-state index >= 15 is 0 Å². The topological polar surface area (TPSA) is 75.0 Å². The molecule has 1 saturated heterocycles. The predicted molar refractivity (Wildman–Crippen MR) is 128 cm³/mol. The number of benzene rings is 2. The lowest BCUT2D eigenvalue weighted by molar-refractivity contribution is 0.103. The van der Waals surface area contributed by atoms with E-state index in [0.29, 0.717) is 6.54 Å². The maximum Gasteiger partial charge on any atom is 0.243 e. The van der Waals surface area contributed by atoms with Gasteiger partial charge in [-0.3, -0.25) is 0 Å². The molecule has 1 atom stereocenters. The number of hydrogen-bond donors (Lipinski definition) is 1. The van der Waals surface area contributed by atoms with E-state index in [1.165, 1.54) is 5.56 Å². The summed E-state index contributed by atoms with van der Waals surface area (Å²) in [6, 6.07) is 14.0. The second kappa shape index (κ2) is 8.13. The highest BCUT2D eigenvalue weighted by Gasteiger charge is 2.51. The first-order chi connectivity index (χ1) is 15.8. The molecule has 0 amide bonds. The van der Waals surface area contributed by atoms with Crippen LogP contribution in [0.4, 0.5) is 0 Å². The second-order valence-electron chi connectivity index (χ2n) is 9.35. The fraction of sp³-hybridized carbons (Fsp3) is 0.440. The molecule has 3 heterocycles. The molecule has 0 bridgehead atoms. The van der Waals surface area contributed by atoms with Crippen LogP contribution < -0.4 is 4.74 Å². The summed E-state index contributed by atoms with van der Waals surface area (Å²) in [7, 11) is 1.92. The Hall–Kier alpha value is -2.39. The molecule has 2 aromatic carbocycles. The Balaban J connectivity index is 1.77. The maximum atomic E-state index is 13.9. The molecule has 0 saturated carbocycles. The van der Waals surface area contributed by atoms with E-state index in [2.05, 4.69) is 22.6 Å². The van der Waals surface area contributed by atoms with Crippen molar-refractivity contribution in [3.05, 3.63) is 59.8 Å². The maximum absolute atomic E-state index is 13.9. The minimum Gasteiger partial charge on any atom is -0.497 e. The number of piperidine rings is 1. The third kappa shape index (κ3) is 3.39. The normalized spacial score (nSPS) is 21.4. The third-order valence-corrected chi connectivity index (χ3v) is 9.44. The van der Waals surface area contributed by atoms with Gasteiger partial charge in [0.25, 0.3) is 0 Å². The number of likely N-dealkylation sites (tertiary alicyclic amines) is 1. The summed E-state index contributed by atoms with van der Waals surface area (Å²) in [5.41, 5.74) is 2.75. The van der Waals surface area contributed by atoms with Gasteiger partial charge in [-0.05, 0) is 62.8 Å². The summed E-state index contributed by atoms with van der Waals surface area (Å²) in [6.45, 7) is 1.88. The number of aliphatic hydroxyl groups is 1. The molecule has 33 heavy (non-hydrogen) atoms. The molecule has 7 nitrogen and oxygen atoms in total. The van der Waals surface area contributed by atoms with Crippen molar-refractivity contribution in [1.29, 1.82) is 0 Å². The summed E-state index contributed by atoms with van der Waals surface area (Å²) in [6.07, 6.45) is 1.72. The zero-order chi connectivity index (χ0) is 23.4. The number of hydrogen-bond acceptors (Lipinski definition) is 5. The molecular weight excluding hydrogens is 438 g/mol. The van der Waals surface area contributed by atoms with Crippen molar-refractivity contribution < 1.29 is 18.3 Å². The Morgan fingerprint density at radius 3 is 2.42 bits per heavy atom. The van der Waals surface area contributed by atoms with E-state index in [9.17, 15) is 13.5 Å². The summed E-state index contributed by atoms with van der Waals surface area (Å²) < 4.78 is 36.8. The van der Waals surface area contributed by atoms with Gasteiger partial charge in [0.05, 0.1) is 30.2 Å². The van der Waals surface area contributed by atoms with Gasteiger partial charge in [-0.1, -0.05) is 18.2 Å². The van der Waals surface area contributed by atoms with Gasteiger partial charge < -0.3 is 19.3 Å². The zero-order valence-electron chi connectivity index (χ0n) is 19.4.